The molecule has 1 saturated heterocycles. The second kappa shape index (κ2) is 4.49. The molecule has 2 heterocycles. The van der Waals surface area contributed by atoms with Gasteiger partial charge in [0, 0.05) is 24.1 Å². The zero-order valence-corrected chi connectivity index (χ0v) is 9.37. The molecule has 0 spiro atoms. The molecule has 0 saturated carbocycles. The molecule has 1 aromatic rings. The van der Waals surface area contributed by atoms with Crippen LogP contribution in [-0.4, -0.2) is 34.1 Å². The number of nitriles is 1. The first-order valence-corrected chi connectivity index (χ1v) is 6.03. The first kappa shape index (κ1) is 10.2. The van der Waals surface area contributed by atoms with Crippen LogP contribution in [0.3, 0.4) is 0 Å². The summed E-state index contributed by atoms with van der Waals surface area (Å²) < 4.78 is 0. The summed E-state index contributed by atoms with van der Waals surface area (Å²) in [6.45, 7) is 3.19. The van der Waals surface area contributed by atoms with Crippen molar-refractivity contribution in [3.63, 3.8) is 0 Å². The number of nitrogens with zero attached hydrogens (tertiary/aromatic N) is 4. The van der Waals surface area contributed by atoms with Crippen LogP contribution in [0.4, 0.5) is 5.82 Å². The van der Waals surface area contributed by atoms with E-state index in [1.165, 1.54) is 6.20 Å². The van der Waals surface area contributed by atoms with Crippen molar-refractivity contribution in [3.05, 3.63) is 18.1 Å². The van der Waals surface area contributed by atoms with Gasteiger partial charge in [-0.15, -0.1) is 0 Å². The van der Waals surface area contributed by atoms with Crippen LogP contribution in [0.2, 0.25) is 0 Å². The van der Waals surface area contributed by atoms with E-state index in [-0.39, 0.29) is 0 Å². The normalized spacial score (nSPS) is 21.1. The van der Waals surface area contributed by atoms with Crippen molar-refractivity contribution in [2.24, 2.45) is 0 Å². The van der Waals surface area contributed by atoms with Gasteiger partial charge in [0.05, 0.1) is 12.4 Å². The molecule has 1 aliphatic rings. The summed E-state index contributed by atoms with van der Waals surface area (Å²) in [4.78, 5) is 10.5. The van der Waals surface area contributed by atoms with Gasteiger partial charge >= 0.3 is 0 Å². The van der Waals surface area contributed by atoms with E-state index in [1.807, 2.05) is 17.8 Å². The average molecular weight is 220 g/mol. The lowest BCUT2D eigenvalue weighted by atomic mass is 10.3. The molecule has 0 aliphatic carbocycles. The number of anilines is 1. The van der Waals surface area contributed by atoms with Gasteiger partial charge in [-0.25, -0.2) is 9.97 Å². The second-order valence-corrected chi connectivity index (χ2v) is 4.64. The van der Waals surface area contributed by atoms with Crippen LogP contribution in [0, 0.1) is 11.3 Å². The molecule has 1 aromatic heterocycles. The van der Waals surface area contributed by atoms with Crippen LogP contribution in [-0.2, 0) is 0 Å². The van der Waals surface area contributed by atoms with E-state index >= 15 is 0 Å². The highest BCUT2D eigenvalue weighted by Gasteiger charge is 2.19. The van der Waals surface area contributed by atoms with Gasteiger partial charge in [-0.3, -0.25) is 0 Å². The third-order valence-electron chi connectivity index (χ3n) is 2.41. The molecule has 0 radical (unpaired) electrons. The molecular formula is C10H12N4S. The highest BCUT2D eigenvalue weighted by atomic mass is 32.2. The molecule has 5 heteroatoms. The van der Waals surface area contributed by atoms with E-state index in [0.29, 0.717) is 11.7 Å². The molecule has 1 aliphatic heterocycles. The molecule has 4 nitrogen and oxygen atoms in total. The topological polar surface area (TPSA) is 52.8 Å². The standard InChI is InChI=1S/C10H12N4S/c1-8-7-15-3-2-14(8)10-6-12-9(4-11)5-13-10/h5-6,8H,2-3,7H2,1H3. The minimum absolute atomic E-state index is 0.373. The molecule has 2 rings (SSSR count). The lowest BCUT2D eigenvalue weighted by Crippen LogP contribution is -2.40. The van der Waals surface area contributed by atoms with E-state index in [4.69, 9.17) is 5.26 Å². The Labute approximate surface area is 93.3 Å². The van der Waals surface area contributed by atoms with Gasteiger partial charge in [0.15, 0.2) is 5.69 Å². The maximum atomic E-state index is 8.62. The van der Waals surface area contributed by atoms with E-state index in [0.717, 1.165) is 23.9 Å². The highest BCUT2D eigenvalue weighted by Crippen LogP contribution is 2.21. The molecule has 78 valence electrons. The fourth-order valence-corrected chi connectivity index (χ4v) is 2.61. The van der Waals surface area contributed by atoms with Gasteiger partial charge < -0.3 is 4.90 Å². The molecule has 15 heavy (non-hydrogen) atoms. The van der Waals surface area contributed by atoms with Crippen molar-refractivity contribution in [1.29, 1.82) is 5.26 Å². The quantitative estimate of drug-likeness (QED) is 0.714. The number of rotatable bonds is 1. The maximum Gasteiger partial charge on any atom is 0.158 e. The Morgan fingerprint density at radius 2 is 2.40 bits per heavy atom. The molecule has 1 atom stereocenters. The summed E-state index contributed by atoms with van der Waals surface area (Å²) in [7, 11) is 0. The van der Waals surface area contributed by atoms with Crippen LogP contribution < -0.4 is 4.90 Å². The first-order valence-electron chi connectivity index (χ1n) is 4.88. The molecule has 1 fully saturated rings. The summed E-state index contributed by atoms with van der Waals surface area (Å²) in [5, 5.41) is 8.62. The lowest BCUT2D eigenvalue weighted by Gasteiger charge is -2.33. The highest BCUT2D eigenvalue weighted by molar-refractivity contribution is 7.99. The third-order valence-corrected chi connectivity index (χ3v) is 3.60. The third kappa shape index (κ3) is 2.21. The number of thioether (sulfide) groups is 1. The van der Waals surface area contributed by atoms with Gasteiger partial charge in [0.25, 0.3) is 0 Å². The van der Waals surface area contributed by atoms with Crippen LogP contribution in [0.15, 0.2) is 12.4 Å². The van der Waals surface area contributed by atoms with Crippen LogP contribution in [0.25, 0.3) is 0 Å². The van der Waals surface area contributed by atoms with Crippen LogP contribution >= 0.6 is 11.8 Å². The predicted molar refractivity (Wildman–Crippen MR) is 60.9 cm³/mol. The number of aromatic nitrogens is 2. The Morgan fingerprint density at radius 3 is 3.00 bits per heavy atom. The molecule has 1 unspecified atom stereocenters. The van der Waals surface area contributed by atoms with Gasteiger partial charge in [-0.2, -0.15) is 17.0 Å². The van der Waals surface area contributed by atoms with E-state index in [9.17, 15) is 0 Å². The smallest absolute Gasteiger partial charge is 0.158 e. The Hall–Kier alpha value is -1.28. The molecule has 0 bridgehead atoms. The molecule has 0 aromatic carbocycles. The van der Waals surface area contributed by atoms with Crippen molar-refractivity contribution in [2.75, 3.05) is 23.0 Å². The van der Waals surface area contributed by atoms with Gasteiger partial charge in [-0.05, 0) is 6.92 Å². The monoisotopic (exact) mass is 220 g/mol. The summed E-state index contributed by atoms with van der Waals surface area (Å²) in [5.41, 5.74) is 0.373. The van der Waals surface area contributed by atoms with Crippen molar-refractivity contribution in [1.82, 2.24) is 9.97 Å². The Kier molecular flexibility index (Phi) is 3.07. The van der Waals surface area contributed by atoms with Crippen molar-refractivity contribution in [3.8, 4) is 6.07 Å². The number of hydrogen-bond donors (Lipinski definition) is 0. The summed E-state index contributed by atoms with van der Waals surface area (Å²) in [5.74, 6) is 3.13. The van der Waals surface area contributed by atoms with Gasteiger partial charge in [0.1, 0.15) is 11.9 Å². The largest absolute Gasteiger partial charge is 0.351 e. The molecular weight excluding hydrogens is 208 g/mol. The van der Waals surface area contributed by atoms with Gasteiger partial charge in [-0.1, -0.05) is 0 Å². The van der Waals surface area contributed by atoms with Crippen molar-refractivity contribution >= 4 is 17.6 Å². The summed E-state index contributed by atoms with van der Waals surface area (Å²) in [6.07, 6.45) is 3.22. The summed E-state index contributed by atoms with van der Waals surface area (Å²) in [6, 6.07) is 2.46. The van der Waals surface area contributed by atoms with Crippen molar-refractivity contribution in [2.45, 2.75) is 13.0 Å². The second-order valence-electron chi connectivity index (χ2n) is 3.49. The van der Waals surface area contributed by atoms with E-state index in [1.54, 1.807) is 6.20 Å². The minimum atomic E-state index is 0.373. The zero-order valence-electron chi connectivity index (χ0n) is 8.55. The SMILES string of the molecule is CC1CSCCN1c1cnc(C#N)cn1. The lowest BCUT2D eigenvalue weighted by molar-refractivity contribution is 0.687. The van der Waals surface area contributed by atoms with E-state index < -0.39 is 0 Å². The Balaban J connectivity index is 2.18. The Morgan fingerprint density at radius 1 is 1.53 bits per heavy atom. The molecule has 0 N–H and O–H groups in total. The predicted octanol–water partition coefficient (Wildman–Crippen LogP) is 1.29. The van der Waals surface area contributed by atoms with Crippen molar-refractivity contribution < 1.29 is 0 Å². The van der Waals surface area contributed by atoms with Crippen LogP contribution in [0.1, 0.15) is 12.6 Å². The zero-order chi connectivity index (χ0) is 10.7. The maximum absolute atomic E-state index is 8.62. The summed E-state index contributed by atoms with van der Waals surface area (Å²) >= 11 is 1.97. The fourth-order valence-electron chi connectivity index (χ4n) is 1.59. The first-order chi connectivity index (χ1) is 7.31. The van der Waals surface area contributed by atoms with E-state index in [2.05, 4.69) is 21.8 Å². The Bertz CT molecular complexity index is 370. The van der Waals surface area contributed by atoms with Gasteiger partial charge in [0.2, 0.25) is 0 Å². The fraction of sp³-hybridized carbons (Fsp3) is 0.500. The molecule has 0 amide bonds. The number of hydrogen-bond acceptors (Lipinski definition) is 5. The minimum Gasteiger partial charge on any atom is -0.351 e. The van der Waals surface area contributed by atoms with Crippen LogP contribution in [0.5, 0.6) is 0 Å². The average Bonchev–Trinajstić information content (AvgIpc) is 2.30.